The first-order valence-corrected chi connectivity index (χ1v) is 10.6. The third kappa shape index (κ3) is 6.64. The van der Waals surface area contributed by atoms with E-state index in [2.05, 4.69) is 5.32 Å². The number of nitro groups is 1. The maximum atomic E-state index is 13.4. The van der Waals surface area contributed by atoms with Gasteiger partial charge in [0.05, 0.1) is 11.3 Å². The van der Waals surface area contributed by atoms with E-state index in [1.54, 1.807) is 23.1 Å². The lowest BCUT2D eigenvalue weighted by molar-refractivity contribution is -0.385. The molecule has 0 saturated carbocycles. The first kappa shape index (κ1) is 24.1. The number of para-hydroxylation sites is 1. The van der Waals surface area contributed by atoms with Gasteiger partial charge in [-0.2, -0.15) is 0 Å². The van der Waals surface area contributed by atoms with Crippen LogP contribution < -0.4 is 5.32 Å². The molecule has 166 valence electrons. The van der Waals surface area contributed by atoms with Crippen molar-refractivity contribution < 1.29 is 14.5 Å². The summed E-state index contributed by atoms with van der Waals surface area (Å²) in [5.74, 6) is -0.237. The van der Waals surface area contributed by atoms with Gasteiger partial charge in [0.2, 0.25) is 11.8 Å². The van der Waals surface area contributed by atoms with E-state index in [1.807, 2.05) is 52.0 Å². The SMILES string of the molecule is CC[C@H](C(=O)NCC(C)C)N(Cc1ccccc1C)C(=O)Cc1ccccc1[N+](=O)[O-]. The van der Waals surface area contributed by atoms with Crippen LogP contribution in [0.25, 0.3) is 0 Å². The molecule has 7 nitrogen and oxygen atoms in total. The zero-order chi connectivity index (χ0) is 23.0. The van der Waals surface area contributed by atoms with E-state index in [-0.39, 0.29) is 36.4 Å². The van der Waals surface area contributed by atoms with Crippen molar-refractivity contribution >= 4 is 17.5 Å². The molecule has 2 aromatic rings. The molecule has 2 amide bonds. The molecular weight excluding hydrogens is 394 g/mol. The third-order valence-electron chi connectivity index (χ3n) is 5.20. The normalized spacial score (nSPS) is 11.8. The van der Waals surface area contributed by atoms with E-state index in [4.69, 9.17) is 0 Å². The minimum Gasteiger partial charge on any atom is -0.354 e. The summed E-state index contributed by atoms with van der Waals surface area (Å²) in [6.07, 6.45) is 0.301. The van der Waals surface area contributed by atoms with Crippen LogP contribution in [0.15, 0.2) is 48.5 Å². The summed E-state index contributed by atoms with van der Waals surface area (Å²) in [7, 11) is 0. The predicted octanol–water partition coefficient (Wildman–Crippen LogP) is 4.03. The Balaban J connectivity index is 2.36. The van der Waals surface area contributed by atoms with Crippen LogP contribution in [0.4, 0.5) is 5.69 Å². The van der Waals surface area contributed by atoms with Crippen LogP contribution in [0.5, 0.6) is 0 Å². The number of hydrogen-bond donors (Lipinski definition) is 1. The highest BCUT2D eigenvalue weighted by atomic mass is 16.6. The molecule has 0 aliphatic rings. The highest BCUT2D eigenvalue weighted by molar-refractivity contribution is 5.88. The Morgan fingerprint density at radius 2 is 1.68 bits per heavy atom. The molecule has 0 radical (unpaired) electrons. The van der Waals surface area contributed by atoms with E-state index in [9.17, 15) is 19.7 Å². The molecule has 0 spiro atoms. The number of benzene rings is 2. The van der Waals surface area contributed by atoms with Gasteiger partial charge in [0, 0.05) is 24.7 Å². The third-order valence-corrected chi connectivity index (χ3v) is 5.20. The van der Waals surface area contributed by atoms with Gasteiger partial charge >= 0.3 is 0 Å². The van der Waals surface area contributed by atoms with Gasteiger partial charge in [-0.1, -0.05) is 63.2 Å². The monoisotopic (exact) mass is 425 g/mol. The highest BCUT2D eigenvalue weighted by Gasteiger charge is 2.30. The number of nitrogens with one attached hydrogen (secondary N) is 1. The minimum absolute atomic E-state index is 0.0935. The van der Waals surface area contributed by atoms with Gasteiger partial charge in [-0.05, 0) is 30.4 Å². The average molecular weight is 426 g/mol. The van der Waals surface area contributed by atoms with Gasteiger partial charge in [0.1, 0.15) is 6.04 Å². The number of rotatable bonds is 10. The van der Waals surface area contributed by atoms with E-state index in [0.29, 0.717) is 18.5 Å². The summed E-state index contributed by atoms with van der Waals surface area (Å²) in [6, 6.07) is 13.3. The molecule has 31 heavy (non-hydrogen) atoms. The second kappa shape index (κ2) is 11.2. The van der Waals surface area contributed by atoms with Crippen LogP contribution in [0, 0.1) is 23.0 Å². The zero-order valence-electron chi connectivity index (χ0n) is 18.6. The number of carbonyl (C=O) groups is 2. The number of carbonyl (C=O) groups excluding carboxylic acids is 2. The highest BCUT2D eigenvalue weighted by Crippen LogP contribution is 2.21. The van der Waals surface area contributed by atoms with Gasteiger partial charge < -0.3 is 10.2 Å². The van der Waals surface area contributed by atoms with E-state index in [1.165, 1.54) is 6.07 Å². The summed E-state index contributed by atoms with van der Waals surface area (Å²) in [5, 5.41) is 14.3. The number of nitro benzene ring substituents is 1. The molecule has 1 atom stereocenters. The van der Waals surface area contributed by atoms with Crippen LogP contribution in [0.3, 0.4) is 0 Å². The maximum Gasteiger partial charge on any atom is 0.273 e. The summed E-state index contributed by atoms with van der Waals surface area (Å²) in [6.45, 7) is 8.62. The molecule has 0 heterocycles. The van der Waals surface area contributed by atoms with Crippen LogP contribution in [0.1, 0.15) is 43.9 Å². The second-order valence-electron chi connectivity index (χ2n) is 8.07. The van der Waals surface area contributed by atoms with Crippen molar-refractivity contribution in [1.82, 2.24) is 10.2 Å². The van der Waals surface area contributed by atoms with Crippen LogP contribution >= 0.6 is 0 Å². The Labute approximate surface area is 183 Å². The van der Waals surface area contributed by atoms with Gasteiger partial charge in [0.25, 0.3) is 5.69 Å². The first-order chi connectivity index (χ1) is 14.7. The molecule has 0 aromatic heterocycles. The Morgan fingerprint density at radius 1 is 1.06 bits per heavy atom. The zero-order valence-corrected chi connectivity index (χ0v) is 18.6. The molecule has 2 rings (SSSR count). The molecule has 2 aromatic carbocycles. The lowest BCUT2D eigenvalue weighted by Gasteiger charge is -2.31. The second-order valence-corrected chi connectivity index (χ2v) is 8.07. The van der Waals surface area contributed by atoms with Gasteiger partial charge in [0.15, 0.2) is 0 Å². The van der Waals surface area contributed by atoms with Gasteiger partial charge in [-0.25, -0.2) is 0 Å². The fourth-order valence-corrected chi connectivity index (χ4v) is 3.42. The molecule has 0 bridgehead atoms. The van der Waals surface area contributed by atoms with Gasteiger partial charge in [-0.15, -0.1) is 0 Å². The molecular formula is C24H31N3O4. The largest absolute Gasteiger partial charge is 0.354 e. The Hall–Kier alpha value is -3.22. The first-order valence-electron chi connectivity index (χ1n) is 10.6. The van der Waals surface area contributed by atoms with Crippen LogP contribution in [-0.4, -0.2) is 34.2 Å². The molecule has 0 fully saturated rings. The summed E-state index contributed by atoms with van der Waals surface area (Å²) >= 11 is 0. The van der Waals surface area contributed by atoms with Crippen molar-refractivity contribution in [2.75, 3.05) is 6.54 Å². The summed E-state index contributed by atoms with van der Waals surface area (Å²) in [5.41, 5.74) is 2.20. The Morgan fingerprint density at radius 3 is 2.26 bits per heavy atom. The standard InChI is InChI=1S/C24H31N3O4/c1-5-21(24(29)25-15-17(2)3)26(16-20-12-7-6-10-18(20)4)23(28)14-19-11-8-9-13-22(19)27(30)31/h6-13,17,21H,5,14-16H2,1-4H3,(H,25,29)/t21-/m1/s1. The fourth-order valence-electron chi connectivity index (χ4n) is 3.42. The van der Waals surface area contributed by atoms with Crippen molar-refractivity contribution in [3.63, 3.8) is 0 Å². The molecule has 0 aliphatic heterocycles. The lowest BCUT2D eigenvalue weighted by Crippen LogP contribution is -2.50. The summed E-state index contributed by atoms with van der Waals surface area (Å²) in [4.78, 5) is 38.7. The maximum absolute atomic E-state index is 13.4. The van der Waals surface area contributed by atoms with E-state index in [0.717, 1.165) is 11.1 Å². The summed E-state index contributed by atoms with van der Waals surface area (Å²) < 4.78 is 0. The Kier molecular flexibility index (Phi) is 8.73. The van der Waals surface area contributed by atoms with Crippen molar-refractivity contribution in [3.8, 4) is 0 Å². The fraction of sp³-hybridized carbons (Fsp3) is 0.417. The van der Waals surface area contributed by atoms with Crippen LogP contribution in [-0.2, 0) is 22.6 Å². The van der Waals surface area contributed by atoms with Crippen molar-refractivity contribution in [2.24, 2.45) is 5.92 Å². The Bertz CT molecular complexity index is 927. The smallest absolute Gasteiger partial charge is 0.273 e. The van der Waals surface area contributed by atoms with Crippen LogP contribution in [0.2, 0.25) is 0 Å². The molecule has 7 heteroatoms. The predicted molar refractivity (Wildman–Crippen MR) is 120 cm³/mol. The molecule has 0 unspecified atom stereocenters. The topological polar surface area (TPSA) is 92.6 Å². The quantitative estimate of drug-likeness (QED) is 0.459. The van der Waals surface area contributed by atoms with E-state index < -0.39 is 11.0 Å². The molecule has 0 aliphatic carbocycles. The number of nitrogens with zero attached hydrogens (tertiary/aromatic N) is 2. The van der Waals surface area contributed by atoms with E-state index >= 15 is 0 Å². The number of amides is 2. The van der Waals surface area contributed by atoms with Crippen molar-refractivity contribution in [3.05, 3.63) is 75.3 Å². The molecule has 1 N–H and O–H groups in total. The number of aryl methyl sites for hydroxylation is 1. The minimum atomic E-state index is -0.659. The van der Waals surface area contributed by atoms with Gasteiger partial charge in [-0.3, -0.25) is 19.7 Å². The number of hydrogen-bond acceptors (Lipinski definition) is 4. The van der Waals surface area contributed by atoms with Crippen molar-refractivity contribution in [1.29, 1.82) is 0 Å². The lowest BCUT2D eigenvalue weighted by atomic mass is 10.0. The average Bonchev–Trinajstić information content (AvgIpc) is 2.73. The van der Waals surface area contributed by atoms with Crippen molar-refractivity contribution in [2.45, 2.75) is 53.1 Å². The molecule has 0 saturated heterocycles.